The number of aliphatic hydroxyl groups is 5. The first-order valence-electron chi connectivity index (χ1n) is 22.9. The highest BCUT2D eigenvalue weighted by Crippen LogP contribution is 2.73. The van der Waals surface area contributed by atoms with Crippen LogP contribution in [0.4, 0.5) is 0 Å². The number of carbonyl (C=O) groups is 1. The highest BCUT2D eigenvalue weighted by molar-refractivity contribution is 5.95. The van der Waals surface area contributed by atoms with Gasteiger partial charge in [-0.3, -0.25) is 10.5 Å². The van der Waals surface area contributed by atoms with Crippen molar-refractivity contribution in [1.29, 1.82) is 0 Å². The van der Waals surface area contributed by atoms with Gasteiger partial charge in [0.15, 0.2) is 5.78 Å². The number of quaternary nitrogens is 1. The van der Waals surface area contributed by atoms with Gasteiger partial charge >= 0.3 is 0 Å². The summed E-state index contributed by atoms with van der Waals surface area (Å²) in [6, 6.07) is 0. The van der Waals surface area contributed by atoms with Crippen LogP contribution in [0.3, 0.4) is 0 Å². The number of hydrogen-bond donors (Lipinski definition) is 7. The number of rotatable bonds is 5. The summed E-state index contributed by atoms with van der Waals surface area (Å²) in [5.41, 5.74) is 1.32. The first kappa shape index (κ1) is 39.3. The Labute approximate surface area is 329 Å². The average molecular weight is 766 g/mol. The predicted molar refractivity (Wildman–Crippen MR) is 209 cm³/mol. The maximum Gasteiger partial charge on any atom is 0.159 e. The third-order valence-corrected chi connectivity index (χ3v) is 18.9. The van der Waals surface area contributed by atoms with E-state index >= 15 is 0 Å². The molecule has 2 aliphatic heterocycles. The number of carbonyl (C=O) groups excluding carboxylic acids is 1. The van der Waals surface area contributed by atoms with Crippen LogP contribution in [0.15, 0.2) is 23.8 Å². The van der Waals surface area contributed by atoms with Gasteiger partial charge in [-0.25, -0.2) is 0 Å². The quantitative estimate of drug-likeness (QED) is 0.204. The molecular formula is C46H73N2O7+. The van der Waals surface area contributed by atoms with Crippen molar-refractivity contribution in [2.24, 2.45) is 69.8 Å². The van der Waals surface area contributed by atoms with E-state index in [0.717, 1.165) is 69.4 Å². The van der Waals surface area contributed by atoms with E-state index < -0.39 is 57.8 Å². The van der Waals surface area contributed by atoms with Crippen LogP contribution in [0.2, 0.25) is 0 Å². The Morgan fingerprint density at radius 3 is 2.47 bits per heavy atom. The molecule has 9 aliphatic rings. The summed E-state index contributed by atoms with van der Waals surface area (Å²) in [4.78, 5) is 14.5. The van der Waals surface area contributed by atoms with Crippen molar-refractivity contribution >= 4 is 5.78 Å². The summed E-state index contributed by atoms with van der Waals surface area (Å²) in [5.74, 6) is 0.908. The lowest BCUT2D eigenvalue weighted by molar-refractivity contribution is -0.703. The second-order valence-electron chi connectivity index (χ2n) is 21.4. The number of fused-ring (bicyclic) bond motifs is 5. The Morgan fingerprint density at radius 1 is 0.927 bits per heavy atom. The van der Waals surface area contributed by atoms with Crippen molar-refractivity contribution in [2.45, 2.75) is 184 Å². The highest BCUT2D eigenvalue weighted by Gasteiger charge is 2.74. The molecule has 2 unspecified atom stereocenters. The van der Waals surface area contributed by atoms with Crippen LogP contribution in [-0.4, -0.2) is 85.2 Å². The van der Waals surface area contributed by atoms with Gasteiger partial charge in [-0.15, -0.1) is 0 Å². The molecule has 7 fully saturated rings. The lowest BCUT2D eigenvalue weighted by Crippen LogP contribution is -2.95. The van der Waals surface area contributed by atoms with Crippen molar-refractivity contribution in [2.75, 3.05) is 6.54 Å². The Balaban J connectivity index is 1.08. The van der Waals surface area contributed by atoms with Gasteiger partial charge in [0, 0.05) is 23.7 Å². The fourth-order valence-corrected chi connectivity index (χ4v) is 16.1. The van der Waals surface area contributed by atoms with E-state index in [9.17, 15) is 30.3 Å². The fraction of sp³-hybridized carbons (Fsp3) is 0.891. The van der Waals surface area contributed by atoms with Gasteiger partial charge in [0.1, 0.15) is 11.8 Å². The normalized spacial score (nSPS) is 54.6. The first-order valence-corrected chi connectivity index (χ1v) is 22.9. The van der Waals surface area contributed by atoms with E-state index in [1.54, 1.807) is 6.08 Å². The van der Waals surface area contributed by atoms with E-state index in [1.165, 1.54) is 25.7 Å². The lowest BCUT2D eigenvalue weighted by atomic mass is 9.41. The molecule has 19 atom stereocenters. The third kappa shape index (κ3) is 5.77. The van der Waals surface area contributed by atoms with E-state index in [1.807, 2.05) is 6.92 Å². The largest absolute Gasteiger partial charge is 0.390 e. The molecular weight excluding hydrogens is 693 g/mol. The standard InChI is InChI=1S/C46H72N2O7/c1-4-7-26-9-14-30-31-8-5-6-18-46(54,41(31)55-37(30)15-10-26)43(3,52)38-17-19-45(53)33-21-34(49)32-20-35(50)36(51)24-44(32)23-27(29-13-16-39(47)48-25-29)11-12-28(40(33)44)22-42(38,45)2/h11-12,21,26-32,35-41,48,50-54H,4-10,13-20,22-25,47H2,1-3H3/p+1/t26-,27+,28+,29?,30-,31-,32+,35-,36+,37-,38-,39?,40+,41-,42-,43-,44+,45+,46-/m1/s1. The van der Waals surface area contributed by atoms with Crippen LogP contribution < -0.4 is 11.1 Å². The summed E-state index contributed by atoms with van der Waals surface area (Å²) in [7, 11) is 0. The smallest absolute Gasteiger partial charge is 0.159 e. The number of nitrogens with two attached hydrogens (primary N) is 2. The maximum atomic E-state index is 14.5. The molecule has 9 rings (SSSR count). The Morgan fingerprint density at radius 2 is 1.71 bits per heavy atom. The molecule has 9 nitrogen and oxygen atoms in total. The first-order chi connectivity index (χ1) is 26.2. The van der Waals surface area contributed by atoms with Gasteiger partial charge in [0.05, 0.1) is 42.2 Å². The number of hydrogen-bond acceptors (Lipinski definition) is 8. The van der Waals surface area contributed by atoms with Gasteiger partial charge < -0.3 is 35.6 Å². The number of piperidine rings is 1. The van der Waals surface area contributed by atoms with Gasteiger partial charge in [-0.05, 0) is 142 Å². The second-order valence-corrected chi connectivity index (χ2v) is 21.4. The van der Waals surface area contributed by atoms with E-state index in [4.69, 9.17) is 10.5 Å². The van der Waals surface area contributed by atoms with E-state index in [2.05, 4.69) is 31.3 Å². The zero-order valence-corrected chi connectivity index (χ0v) is 34.0. The Kier molecular flexibility index (Phi) is 9.97. The van der Waals surface area contributed by atoms with Gasteiger partial charge in [0.2, 0.25) is 0 Å². The minimum Gasteiger partial charge on any atom is -0.390 e. The molecule has 0 bridgehead atoms. The molecule has 0 aromatic heterocycles. The molecule has 7 aliphatic carbocycles. The molecule has 5 saturated carbocycles. The van der Waals surface area contributed by atoms with E-state index in [-0.39, 0.29) is 48.1 Å². The summed E-state index contributed by atoms with van der Waals surface area (Å²) in [6.45, 7) is 7.20. The second kappa shape index (κ2) is 14.0. The summed E-state index contributed by atoms with van der Waals surface area (Å²) in [6.07, 6.45) is 19.7. The van der Waals surface area contributed by atoms with Gasteiger partial charge in [0.25, 0.3) is 0 Å². The minimum absolute atomic E-state index is 0.0206. The summed E-state index contributed by atoms with van der Waals surface area (Å²) in [5, 5.41) is 64.6. The molecule has 308 valence electrons. The van der Waals surface area contributed by atoms with Crippen LogP contribution in [0.1, 0.15) is 136 Å². The van der Waals surface area contributed by atoms with Crippen LogP contribution in [0.5, 0.6) is 0 Å². The van der Waals surface area contributed by atoms with Gasteiger partial charge in [-0.2, -0.15) is 0 Å². The van der Waals surface area contributed by atoms with Crippen molar-refractivity contribution < 1.29 is 40.4 Å². The van der Waals surface area contributed by atoms with Crippen molar-refractivity contribution in [1.82, 2.24) is 0 Å². The molecule has 0 amide bonds. The third-order valence-electron chi connectivity index (χ3n) is 18.9. The predicted octanol–water partition coefficient (Wildman–Crippen LogP) is 4.28. The van der Waals surface area contributed by atoms with Gasteiger partial charge in [-0.1, -0.05) is 58.1 Å². The minimum atomic E-state index is -1.54. The molecule has 1 spiro atoms. The SMILES string of the molecule is CCC[C@@H]1CC[C@@H]2[C@H]3CCCC[C@](O)([C@](C)(O)[C@@H]4CC[C@]5(O)C6=CC(=O)[C@@H]7C[C@@H](O)[C@@H](O)C[C@@]78C[C@@H](C7CCC(N)[NH2+]C7)C=C[C@@H](C[C@]45C)[C@@H]68)[C@@H]3O[C@@H]2CC1. The van der Waals surface area contributed by atoms with Crippen LogP contribution in [0.25, 0.3) is 0 Å². The number of ketones is 1. The van der Waals surface area contributed by atoms with E-state index in [0.29, 0.717) is 43.9 Å². The summed E-state index contributed by atoms with van der Waals surface area (Å²) >= 11 is 0. The fourth-order valence-electron chi connectivity index (χ4n) is 16.1. The summed E-state index contributed by atoms with van der Waals surface area (Å²) < 4.78 is 7.05. The molecule has 9 N–H and O–H groups in total. The van der Waals surface area contributed by atoms with Crippen molar-refractivity contribution in [3.8, 4) is 0 Å². The molecule has 2 saturated heterocycles. The highest BCUT2D eigenvalue weighted by atomic mass is 16.5. The number of ether oxygens (including phenoxy) is 1. The Bertz CT molecular complexity index is 1540. The monoisotopic (exact) mass is 766 g/mol. The zero-order chi connectivity index (χ0) is 38.7. The van der Waals surface area contributed by atoms with Crippen LogP contribution in [-0.2, 0) is 9.53 Å². The molecule has 2 heterocycles. The lowest BCUT2D eigenvalue weighted by Gasteiger charge is -2.64. The number of aliphatic hydroxyl groups excluding tert-OH is 2. The molecule has 9 heteroatoms. The maximum absolute atomic E-state index is 14.5. The topological polar surface area (TPSA) is 170 Å². The van der Waals surface area contributed by atoms with Crippen molar-refractivity contribution in [3.05, 3.63) is 23.8 Å². The molecule has 0 aromatic rings. The zero-order valence-electron chi connectivity index (χ0n) is 34.0. The van der Waals surface area contributed by atoms with Crippen LogP contribution in [0, 0.1) is 64.1 Å². The number of allylic oxidation sites excluding steroid dienone is 3. The van der Waals surface area contributed by atoms with Crippen LogP contribution >= 0.6 is 0 Å². The van der Waals surface area contributed by atoms with Crippen molar-refractivity contribution in [3.63, 3.8) is 0 Å². The Hall–Kier alpha value is -1.17. The average Bonchev–Trinajstić information content (AvgIpc) is 3.38. The molecule has 0 radical (unpaired) electrons. The molecule has 55 heavy (non-hydrogen) atoms. The molecule has 0 aromatic carbocycles.